The first-order chi connectivity index (χ1) is 9.04. The molecule has 2 heterocycles. The molecule has 2 aromatic heterocycles. The number of nitrogens with two attached hydrogens (primary N) is 1. The average Bonchev–Trinajstić information content (AvgIpc) is 2.36. The molecule has 0 bridgehead atoms. The lowest BCUT2D eigenvalue weighted by Gasteiger charge is -2.11. The van der Waals surface area contributed by atoms with Gasteiger partial charge in [0.05, 0.1) is 16.8 Å². The number of halogens is 1. The molecule has 0 aromatic carbocycles. The first kappa shape index (κ1) is 14.0. The Balaban J connectivity index is 2.18. The van der Waals surface area contributed by atoms with Crippen molar-refractivity contribution in [3.8, 4) is 5.88 Å². The molecule has 0 radical (unpaired) electrons. The molecule has 0 aliphatic heterocycles. The Hall–Kier alpha value is -1.46. The fourth-order valence-corrected chi connectivity index (χ4v) is 2.17. The maximum absolute atomic E-state index is 5.82. The van der Waals surface area contributed by atoms with Gasteiger partial charge in [0.15, 0.2) is 0 Å². The standard InChI is InChI=1S/C13H14ClN3OS/c1-8(2)18-13-10(15)4-6-12(17-13)19-11-5-3-9(14)7-16-11/h3-8H,15H2,1-2H3. The van der Waals surface area contributed by atoms with Crippen LogP contribution in [0.5, 0.6) is 5.88 Å². The van der Waals surface area contributed by atoms with Crippen molar-refractivity contribution >= 4 is 29.1 Å². The summed E-state index contributed by atoms with van der Waals surface area (Å²) in [7, 11) is 0. The summed E-state index contributed by atoms with van der Waals surface area (Å²) in [6.07, 6.45) is 1.64. The van der Waals surface area contributed by atoms with Crippen LogP contribution in [-0.2, 0) is 0 Å². The summed E-state index contributed by atoms with van der Waals surface area (Å²) in [6, 6.07) is 7.25. The minimum atomic E-state index is 0.0312. The highest BCUT2D eigenvalue weighted by Crippen LogP contribution is 2.29. The summed E-state index contributed by atoms with van der Waals surface area (Å²) in [5, 5.41) is 2.20. The van der Waals surface area contributed by atoms with E-state index in [2.05, 4.69) is 9.97 Å². The molecule has 4 nitrogen and oxygen atoms in total. The fourth-order valence-electron chi connectivity index (χ4n) is 1.34. The van der Waals surface area contributed by atoms with Gasteiger partial charge < -0.3 is 10.5 Å². The van der Waals surface area contributed by atoms with Crippen molar-refractivity contribution in [2.24, 2.45) is 0 Å². The topological polar surface area (TPSA) is 61.0 Å². The molecule has 0 fully saturated rings. The smallest absolute Gasteiger partial charge is 0.238 e. The van der Waals surface area contributed by atoms with Crippen LogP contribution in [0.25, 0.3) is 0 Å². The Kier molecular flexibility index (Phi) is 4.50. The zero-order valence-corrected chi connectivity index (χ0v) is 12.2. The Labute approximate surface area is 121 Å². The van der Waals surface area contributed by atoms with E-state index in [1.807, 2.05) is 26.0 Å². The molecular weight excluding hydrogens is 282 g/mol. The quantitative estimate of drug-likeness (QED) is 0.933. The third-order valence-electron chi connectivity index (χ3n) is 2.12. The maximum atomic E-state index is 5.82. The summed E-state index contributed by atoms with van der Waals surface area (Å²) >= 11 is 7.22. The van der Waals surface area contributed by atoms with Gasteiger partial charge in [0.25, 0.3) is 0 Å². The van der Waals surface area contributed by atoms with Crippen LogP contribution in [0, 0.1) is 0 Å². The summed E-state index contributed by atoms with van der Waals surface area (Å²) in [6.45, 7) is 3.86. The zero-order valence-electron chi connectivity index (χ0n) is 10.6. The third-order valence-corrected chi connectivity index (χ3v) is 3.23. The number of hydrogen-bond donors (Lipinski definition) is 1. The number of rotatable bonds is 4. The van der Waals surface area contributed by atoms with E-state index in [4.69, 9.17) is 22.1 Å². The predicted octanol–water partition coefficient (Wildman–Crippen LogP) is 3.65. The largest absolute Gasteiger partial charge is 0.473 e. The van der Waals surface area contributed by atoms with Crippen LogP contribution in [0.2, 0.25) is 5.02 Å². The van der Waals surface area contributed by atoms with E-state index in [0.717, 1.165) is 10.1 Å². The van der Waals surface area contributed by atoms with Gasteiger partial charge in [0.2, 0.25) is 5.88 Å². The minimum absolute atomic E-state index is 0.0312. The second-order valence-corrected chi connectivity index (χ2v) is 5.60. The highest BCUT2D eigenvalue weighted by Gasteiger charge is 2.08. The number of nitrogens with zero attached hydrogens (tertiary/aromatic N) is 2. The second-order valence-electron chi connectivity index (χ2n) is 4.13. The van der Waals surface area contributed by atoms with Crippen molar-refractivity contribution in [2.75, 3.05) is 5.73 Å². The third kappa shape index (κ3) is 4.01. The Morgan fingerprint density at radius 3 is 2.58 bits per heavy atom. The lowest BCUT2D eigenvalue weighted by atomic mass is 10.4. The lowest BCUT2D eigenvalue weighted by Crippen LogP contribution is -2.09. The second kappa shape index (κ2) is 6.12. The van der Waals surface area contributed by atoms with Gasteiger partial charge in [-0.2, -0.15) is 0 Å². The summed E-state index contributed by atoms with van der Waals surface area (Å²) in [5.41, 5.74) is 6.35. The van der Waals surface area contributed by atoms with Crippen LogP contribution in [0.4, 0.5) is 5.69 Å². The van der Waals surface area contributed by atoms with Crippen LogP contribution >= 0.6 is 23.4 Å². The average molecular weight is 296 g/mol. The van der Waals surface area contributed by atoms with E-state index < -0.39 is 0 Å². The van der Waals surface area contributed by atoms with Crippen LogP contribution < -0.4 is 10.5 Å². The molecule has 0 aliphatic rings. The minimum Gasteiger partial charge on any atom is -0.473 e. The Bertz CT molecular complexity index is 560. The Morgan fingerprint density at radius 2 is 1.95 bits per heavy atom. The molecule has 0 atom stereocenters. The van der Waals surface area contributed by atoms with Crippen molar-refractivity contribution in [1.29, 1.82) is 0 Å². The number of ether oxygens (including phenoxy) is 1. The molecule has 6 heteroatoms. The van der Waals surface area contributed by atoms with E-state index in [-0.39, 0.29) is 6.10 Å². The number of pyridine rings is 2. The van der Waals surface area contributed by atoms with E-state index in [0.29, 0.717) is 16.6 Å². The Morgan fingerprint density at radius 1 is 1.21 bits per heavy atom. The van der Waals surface area contributed by atoms with Crippen LogP contribution in [0.1, 0.15) is 13.8 Å². The van der Waals surface area contributed by atoms with E-state index in [1.54, 1.807) is 18.3 Å². The van der Waals surface area contributed by atoms with Crippen LogP contribution in [0.15, 0.2) is 40.5 Å². The number of aromatic nitrogens is 2. The number of anilines is 1. The molecule has 2 rings (SSSR count). The van der Waals surface area contributed by atoms with Gasteiger partial charge in [-0.1, -0.05) is 11.6 Å². The van der Waals surface area contributed by atoms with Crippen molar-refractivity contribution in [3.05, 3.63) is 35.5 Å². The molecule has 0 spiro atoms. The van der Waals surface area contributed by atoms with Crippen molar-refractivity contribution < 1.29 is 4.74 Å². The molecule has 100 valence electrons. The fraction of sp³-hybridized carbons (Fsp3) is 0.231. The molecule has 0 aliphatic carbocycles. The molecule has 0 amide bonds. The zero-order chi connectivity index (χ0) is 13.8. The normalized spacial score (nSPS) is 10.7. The molecule has 2 N–H and O–H groups in total. The number of hydrogen-bond acceptors (Lipinski definition) is 5. The maximum Gasteiger partial charge on any atom is 0.238 e. The summed E-state index contributed by atoms with van der Waals surface area (Å²) in [4.78, 5) is 8.58. The van der Waals surface area contributed by atoms with Gasteiger partial charge in [-0.25, -0.2) is 9.97 Å². The molecule has 0 saturated carbocycles. The van der Waals surface area contributed by atoms with Crippen molar-refractivity contribution in [2.45, 2.75) is 30.0 Å². The van der Waals surface area contributed by atoms with Gasteiger partial charge in [0, 0.05) is 6.20 Å². The first-order valence-electron chi connectivity index (χ1n) is 5.77. The predicted molar refractivity (Wildman–Crippen MR) is 77.8 cm³/mol. The van der Waals surface area contributed by atoms with Crippen LogP contribution in [-0.4, -0.2) is 16.1 Å². The van der Waals surface area contributed by atoms with Crippen molar-refractivity contribution in [1.82, 2.24) is 9.97 Å². The van der Waals surface area contributed by atoms with Crippen LogP contribution in [0.3, 0.4) is 0 Å². The van der Waals surface area contributed by atoms with Gasteiger partial charge in [-0.3, -0.25) is 0 Å². The number of nitrogen functional groups attached to an aromatic ring is 1. The summed E-state index contributed by atoms with van der Waals surface area (Å²) < 4.78 is 5.55. The monoisotopic (exact) mass is 295 g/mol. The van der Waals surface area contributed by atoms with Gasteiger partial charge in [-0.15, -0.1) is 0 Å². The molecular formula is C13H14ClN3OS. The van der Waals surface area contributed by atoms with E-state index >= 15 is 0 Å². The van der Waals surface area contributed by atoms with E-state index in [9.17, 15) is 0 Å². The van der Waals surface area contributed by atoms with E-state index in [1.165, 1.54) is 11.8 Å². The summed E-state index contributed by atoms with van der Waals surface area (Å²) in [5.74, 6) is 0.453. The van der Waals surface area contributed by atoms with Gasteiger partial charge >= 0.3 is 0 Å². The first-order valence-corrected chi connectivity index (χ1v) is 6.96. The van der Waals surface area contributed by atoms with Gasteiger partial charge in [-0.05, 0) is 49.9 Å². The molecule has 19 heavy (non-hydrogen) atoms. The highest BCUT2D eigenvalue weighted by atomic mass is 35.5. The van der Waals surface area contributed by atoms with Crippen molar-refractivity contribution in [3.63, 3.8) is 0 Å². The highest BCUT2D eigenvalue weighted by molar-refractivity contribution is 7.99. The lowest BCUT2D eigenvalue weighted by molar-refractivity contribution is 0.232. The molecule has 2 aromatic rings. The SMILES string of the molecule is CC(C)Oc1nc(Sc2ccc(Cl)cn2)ccc1N. The molecule has 0 saturated heterocycles. The van der Waals surface area contributed by atoms with Gasteiger partial charge in [0.1, 0.15) is 10.1 Å². The molecule has 0 unspecified atom stereocenters.